The maximum Gasteiger partial charge on any atom is 0.271 e. The van der Waals surface area contributed by atoms with Crippen LogP contribution in [0.5, 0.6) is 5.75 Å². The van der Waals surface area contributed by atoms with Crippen molar-refractivity contribution >= 4 is 12.1 Å². The highest BCUT2D eigenvalue weighted by Crippen LogP contribution is 2.24. The number of carbonyl (C=O) groups is 1. The largest absolute Gasteiger partial charge is 0.494 e. The van der Waals surface area contributed by atoms with Gasteiger partial charge < -0.3 is 9.15 Å². The normalized spacial score (nSPS) is 10.5. The zero-order chi connectivity index (χ0) is 19.1. The standard InChI is InChI=1S/C21H17N3O3/c1-2-26-17-9-7-15(8-10-17)21(25)24-23-14-18-11-12-20(27-18)19-6-4-3-5-16(19)13-22/h3-12,14H,2H2,1H3,(H,24,25)/b23-14+. The van der Waals surface area contributed by atoms with Crippen LogP contribution in [0.4, 0.5) is 0 Å². The Morgan fingerprint density at radius 3 is 2.70 bits per heavy atom. The third-order valence-corrected chi connectivity index (χ3v) is 3.73. The van der Waals surface area contributed by atoms with Crippen LogP contribution in [-0.2, 0) is 0 Å². The molecule has 3 rings (SSSR count). The molecule has 0 spiro atoms. The highest BCUT2D eigenvalue weighted by Gasteiger charge is 2.08. The van der Waals surface area contributed by atoms with E-state index in [4.69, 9.17) is 9.15 Å². The number of carbonyl (C=O) groups excluding carboxylic acids is 1. The van der Waals surface area contributed by atoms with Gasteiger partial charge in [-0.15, -0.1) is 0 Å². The molecule has 0 saturated heterocycles. The minimum Gasteiger partial charge on any atom is -0.494 e. The Morgan fingerprint density at radius 2 is 1.96 bits per heavy atom. The maximum atomic E-state index is 12.1. The number of nitrogens with zero attached hydrogens (tertiary/aromatic N) is 2. The molecular formula is C21H17N3O3. The van der Waals surface area contributed by atoms with E-state index in [1.807, 2.05) is 19.1 Å². The summed E-state index contributed by atoms with van der Waals surface area (Å²) in [5.74, 6) is 1.39. The van der Waals surface area contributed by atoms with Crippen LogP contribution < -0.4 is 10.2 Å². The van der Waals surface area contributed by atoms with Crippen LogP contribution in [0.1, 0.15) is 28.6 Å². The average Bonchev–Trinajstić information content (AvgIpc) is 3.17. The predicted octanol–water partition coefficient (Wildman–Crippen LogP) is 3.98. The number of rotatable bonds is 6. The second kappa shape index (κ2) is 8.50. The zero-order valence-electron chi connectivity index (χ0n) is 14.7. The van der Waals surface area contributed by atoms with Crippen molar-refractivity contribution in [3.05, 3.63) is 77.6 Å². The van der Waals surface area contributed by atoms with E-state index in [0.29, 0.717) is 40.6 Å². The van der Waals surface area contributed by atoms with Gasteiger partial charge in [0.05, 0.1) is 24.5 Å². The monoisotopic (exact) mass is 359 g/mol. The molecule has 6 heteroatoms. The van der Waals surface area contributed by atoms with E-state index in [9.17, 15) is 10.1 Å². The minimum atomic E-state index is -0.337. The second-order valence-corrected chi connectivity index (χ2v) is 5.52. The lowest BCUT2D eigenvalue weighted by atomic mass is 10.1. The number of hydrogen-bond donors (Lipinski definition) is 1. The first-order valence-electron chi connectivity index (χ1n) is 8.37. The SMILES string of the molecule is CCOc1ccc(C(=O)N/N=C/c2ccc(-c3ccccc3C#N)o2)cc1. The number of amides is 1. The Morgan fingerprint density at radius 1 is 1.19 bits per heavy atom. The van der Waals surface area contributed by atoms with Crippen molar-refractivity contribution in [3.8, 4) is 23.1 Å². The molecule has 2 aromatic carbocycles. The summed E-state index contributed by atoms with van der Waals surface area (Å²) in [5.41, 5.74) is 4.15. The van der Waals surface area contributed by atoms with Crippen LogP contribution in [-0.4, -0.2) is 18.7 Å². The van der Waals surface area contributed by atoms with Crippen LogP contribution in [0.3, 0.4) is 0 Å². The Bertz CT molecular complexity index is 998. The van der Waals surface area contributed by atoms with Crippen molar-refractivity contribution in [2.75, 3.05) is 6.61 Å². The molecular weight excluding hydrogens is 342 g/mol. The molecule has 27 heavy (non-hydrogen) atoms. The van der Waals surface area contributed by atoms with E-state index >= 15 is 0 Å². The fraction of sp³-hybridized carbons (Fsp3) is 0.0952. The number of ether oxygens (including phenoxy) is 1. The summed E-state index contributed by atoms with van der Waals surface area (Å²) in [4.78, 5) is 12.1. The number of nitrogens with one attached hydrogen (secondary N) is 1. The van der Waals surface area contributed by atoms with Gasteiger partial charge in [-0.05, 0) is 55.5 Å². The molecule has 0 aliphatic heterocycles. The van der Waals surface area contributed by atoms with E-state index in [-0.39, 0.29) is 5.91 Å². The summed E-state index contributed by atoms with van der Waals surface area (Å²) >= 11 is 0. The lowest BCUT2D eigenvalue weighted by Gasteiger charge is -2.03. The van der Waals surface area contributed by atoms with Gasteiger partial charge in [-0.25, -0.2) is 5.43 Å². The van der Waals surface area contributed by atoms with Crippen molar-refractivity contribution in [2.45, 2.75) is 6.92 Å². The molecule has 0 radical (unpaired) electrons. The van der Waals surface area contributed by atoms with Crippen molar-refractivity contribution < 1.29 is 13.9 Å². The molecule has 0 aliphatic carbocycles. The molecule has 1 amide bonds. The molecule has 0 aliphatic rings. The van der Waals surface area contributed by atoms with Gasteiger partial charge in [-0.3, -0.25) is 4.79 Å². The Labute approximate surface area is 156 Å². The minimum absolute atomic E-state index is 0.337. The molecule has 0 unspecified atom stereocenters. The summed E-state index contributed by atoms with van der Waals surface area (Å²) in [5, 5.41) is 13.1. The number of furan rings is 1. The number of hydrazone groups is 1. The Kier molecular flexibility index (Phi) is 5.65. The molecule has 0 saturated carbocycles. The van der Waals surface area contributed by atoms with Gasteiger partial charge in [0.15, 0.2) is 0 Å². The lowest BCUT2D eigenvalue weighted by Crippen LogP contribution is -2.17. The summed E-state index contributed by atoms with van der Waals surface area (Å²) < 4.78 is 11.0. The third-order valence-electron chi connectivity index (χ3n) is 3.73. The van der Waals surface area contributed by atoms with Crippen LogP contribution in [0.15, 0.2) is 70.2 Å². The van der Waals surface area contributed by atoms with E-state index in [0.717, 1.165) is 0 Å². The number of hydrogen-bond acceptors (Lipinski definition) is 5. The smallest absolute Gasteiger partial charge is 0.271 e. The first kappa shape index (κ1) is 18.0. The molecule has 0 atom stereocenters. The Hall–Kier alpha value is -3.85. The van der Waals surface area contributed by atoms with E-state index in [2.05, 4.69) is 16.6 Å². The topological polar surface area (TPSA) is 87.6 Å². The van der Waals surface area contributed by atoms with Gasteiger partial charge in [0.2, 0.25) is 0 Å². The highest BCUT2D eigenvalue weighted by molar-refractivity contribution is 5.94. The summed E-state index contributed by atoms with van der Waals surface area (Å²) in [6, 6.07) is 19.6. The summed E-state index contributed by atoms with van der Waals surface area (Å²) in [7, 11) is 0. The van der Waals surface area contributed by atoms with Gasteiger partial charge in [0.25, 0.3) is 5.91 Å². The number of benzene rings is 2. The maximum absolute atomic E-state index is 12.1. The fourth-order valence-electron chi connectivity index (χ4n) is 2.45. The molecule has 3 aromatic rings. The van der Waals surface area contributed by atoms with Crippen LogP contribution in [0.2, 0.25) is 0 Å². The van der Waals surface area contributed by atoms with Crippen molar-refractivity contribution in [3.63, 3.8) is 0 Å². The van der Waals surface area contributed by atoms with E-state index in [1.165, 1.54) is 6.21 Å². The Balaban J connectivity index is 1.64. The first-order chi connectivity index (χ1) is 13.2. The summed E-state index contributed by atoms with van der Waals surface area (Å²) in [6.07, 6.45) is 1.41. The average molecular weight is 359 g/mol. The fourth-order valence-corrected chi connectivity index (χ4v) is 2.45. The quantitative estimate of drug-likeness (QED) is 0.533. The second-order valence-electron chi connectivity index (χ2n) is 5.52. The molecule has 0 bridgehead atoms. The predicted molar refractivity (Wildman–Crippen MR) is 102 cm³/mol. The molecule has 134 valence electrons. The number of nitriles is 1. The van der Waals surface area contributed by atoms with Gasteiger partial charge in [0.1, 0.15) is 17.3 Å². The van der Waals surface area contributed by atoms with Gasteiger partial charge in [-0.2, -0.15) is 10.4 Å². The van der Waals surface area contributed by atoms with E-state index < -0.39 is 0 Å². The molecule has 6 nitrogen and oxygen atoms in total. The van der Waals surface area contributed by atoms with E-state index in [1.54, 1.807) is 48.5 Å². The van der Waals surface area contributed by atoms with Gasteiger partial charge >= 0.3 is 0 Å². The molecule has 1 heterocycles. The summed E-state index contributed by atoms with van der Waals surface area (Å²) in [6.45, 7) is 2.47. The zero-order valence-corrected chi connectivity index (χ0v) is 14.7. The van der Waals surface area contributed by atoms with Crippen LogP contribution >= 0.6 is 0 Å². The van der Waals surface area contributed by atoms with Crippen molar-refractivity contribution in [2.24, 2.45) is 5.10 Å². The van der Waals surface area contributed by atoms with Crippen molar-refractivity contribution in [1.82, 2.24) is 5.43 Å². The molecule has 0 fully saturated rings. The third kappa shape index (κ3) is 4.41. The van der Waals surface area contributed by atoms with Crippen molar-refractivity contribution in [1.29, 1.82) is 5.26 Å². The van der Waals surface area contributed by atoms with Crippen LogP contribution in [0, 0.1) is 11.3 Å². The van der Waals surface area contributed by atoms with Crippen LogP contribution in [0.25, 0.3) is 11.3 Å². The van der Waals surface area contributed by atoms with Gasteiger partial charge in [0, 0.05) is 11.1 Å². The van der Waals surface area contributed by atoms with Gasteiger partial charge in [-0.1, -0.05) is 12.1 Å². The lowest BCUT2D eigenvalue weighted by molar-refractivity contribution is 0.0955. The first-order valence-corrected chi connectivity index (χ1v) is 8.37. The highest BCUT2D eigenvalue weighted by atomic mass is 16.5. The molecule has 1 aromatic heterocycles. The molecule has 1 N–H and O–H groups in total.